The lowest BCUT2D eigenvalue weighted by molar-refractivity contribution is -0.124. The smallest absolute Gasteiger partial charge is 0.243 e. The molecular weight excluding hydrogens is 313 g/mol. The third-order valence-electron chi connectivity index (χ3n) is 4.14. The molecule has 0 aliphatic carbocycles. The molecule has 1 aliphatic heterocycles. The summed E-state index contributed by atoms with van der Waals surface area (Å²) in [7, 11) is 0. The van der Waals surface area contributed by atoms with Gasteiger partial charge in [-0.15, -0.1) is 0 Å². The Morgan fingerprint density at radius 3 is 2.83 bits per heavy atom. The molecule has 0 bridgehead atoms. The molecule has 2 aromatic rings. The fourth-order valence-electron chi connectivity index (χ4n) is 2.71. The predicted octanol–water partition coefficient (Wildman–Crippen LogP) is 2.52. The van der Waals surface area contributed by atoms with Gasteiger partial charge in [0.1, 0.15) is 5.82 Å². The fraction of sp³-hybridized carbons (Fsp3) is 0.412. The third-order valence-corrected chi connectivity index (χ3v) is 4.14. The predicted molar refractivity (Wildman–Crippen MR) is 86.0 cm³/mol. The number of anilines is 1. The van der Waals surface area contributed by atoms with Gasteiger partial charge in [0, 0.05) is 19.2 Å². The van der Waals surface area contributed by atoms with E-state index in [1.54, 1.807) is 25.1 Å². The van der Waals surface area contributed by atoms with Crippen molar-refractivity contribution >= 4 is 11.8 Å². The molecule has 0 saturated carbocycles. The van der Waals surface area contributed by atoms with Crippen molar-refractivity contribution in [3.8, 4) is 0 Å². The van der Waals surface area contributed by atoms with Crippen LogP contribution in [0, 0.1) is 12.7 Å². The van der Waals surface area contributed by atoms with E-state index in [9.17, 15) is 9.18 Å². The Morgan fingerprint density at radius 2 is 2.17 bits per heavy atom. The summed E-state index contributed by atoms with van der Waals surface area (Å²) >= 11 is 0. The highest BCUT2D eigenvalue weighted by Crippen LogP contribution is 2.24. The minimum Gasteiger partial charge on any atom is -0.371 e. The van der Waals surface area contributed by atoms with Crippen molar-refractivity contribution in [1.82, 2.24) is 10.1 Å². The van der Waals surface area contributed by atoms with Crippen molar-refractivity contribution in [2.24, 2.45) is 0 Å². The number of aryl methyl sites for hydroxylation is 1. The van der Waals surface area contributed by atoms with E-state index in [0.29, 0.717) is 31.3 Å². The van der Waals surface area contributed by atoms with Gasteiger partial charge in [-0.25, -0.2) is 4.39 Å². The molecule has 0 radical (unpaired) electrons. The van der Waals surface area contributed by atoms with Crippen LogP contribution < -0.4 is 5.32 Å². The summed E-state index contributed by atoms with van der Waals surface area (Å²) in [6, 6.07) is 7.59. The highest BCUT2D eigenvalue weighted by molar-refractivity contribution is 5.93. The number of hydrogen-bond donors (Lipinski definition) is 1. The van der Waals surface area contributed by atoms with Gasteiger partial charge in [-0.05, 0) is 31.5 Å². The Morgan fingerprint density at radius 1 is 1.42 bits per heavy atom. The first-order chi connectivity index (χ1) is 11.5. The first kappa shape index (κ1) is 16.6. The van der Waals surface area contributed by atoms with E-state index in [2.05, 4.69) is 10.5 Å². The van der Waals surface area contributed by atoms with Crippen molar-refractivity contribution < 1.29 is 18.4 Å². The lowest BCUT2D eigenvalue weighted by Crippen LogP contribution is -2.48. The van der Waals surface area contributed by atoms with E-state index >= 15 is 0 Å². The third kappa shape index (κ3) is 3.80. The molecule has 1 amide bonds. The maximum atomic E-state index is 13.1. The van der Waals surface area contributed by atoms with Crippen LogP contribution in [0.25, 0.3) is 0 Å². The number of nitrogens with one attached hydrogen (secondary N) is 1. The lowest BCUT2D eigenvalue weighted by Gasteiger charge is -2.36. The molecule has 1 N–H and O–H groups in total. The van der Waals surface area contributed by atoms with Crippen LogP contribution in [0.1, 0.15) is 24.3 Å². The zero-order valence-electron chi connectivity index (χ0n) is 13.7. The number of rotatable bonds is 4. The number of morpholine rings is 1. The van der Waals surface area contributed by atoms with Crippen LogP contribution in [0.2, 0.25) is 0 Å². The molecule has 7 heteroatoms. The van der Waals surface area contributed by atoms with Crippen LogP contribution in [0.3, 0.4) is 0 Å². The van der Waals surface area contributed by atoms with E-state index in [1.807, 2.05) is 11.8 Å². The van der Waals surface area contributed by atoms with Gasteiger partial charge in [-0.3, -0.25) is 15.0 Å². The summed E-state index contributed by atoms with van der Waals surface area (Å²) in [5.41, 5.74) is 1.61. The number of amides is 1. The molecule has 1 fully saturated rings. The SMILES string of the molecule is Cc1cc(NC(=O)[C@H](C)N2CCO[C@@H](c3ccc(F)cc3)C2)on1. The number of hydrogen-bond acceptors (Lipinski definition) is 5. The van der Waals surface area contributed by atoms with Crippen molar-refractivity contribution in [1.29, 1.82) is 0 Å². The summed E-state index contributed by atoms with van der Waals surface area (Å²) in [4.78, 5) is 14.4. The summed E-state index contributed by atoms with van der Waals surface area (Å²) in [5.74, 6) is -0.0971. The quantitative estimate of drug-likeness (QED) is 0.931. The standard InChI is InChI=1S/C17H20FN3O3/c1-11-9-16(24-20-11)19-17(22)12(2)21-7-8-23-15(10-21)13-3-5-14(18)6-4-13/h3-6,9,12,15H,7-8,10H2,1-2H3,(H,19,22)/t12-,15+/m0/s1. The minimum absolute atomic E-state index is 0.161. The van der Waals surface area contributed by atoms with Gasteiger partial charge in [0.05, 0.1) is 24.4 Å². The molecule has 6 nitrogen and oxygen atoms in total. The number of halogens is 1. The lowest BCUT2D eigenvalue weighted by atomic mass is 10.1. The number of carbonyl (C=O) groups excluding carboxylic acids is 1. The zero-order valence-corrected chi connectivity index (χ0v) is 13.7. The van der Waals surface area contributed by atoms with E-state index in [0.717, 1.165) is 5.56 Å². The maximum Gasteiger partial charge on any atom is 0.243 e. The van der Waals surface area contributed by atoms with Gasteiger partial charge in [0.25, 0.3) is 0 Å². The molecule has 1 aromatic carbocycles. The van der Waals surface area contributed by atoms with E-state index in [4.69, 9.17) is 9.26 Å². The van der Waals surface area contributed by atoms with Gasteiger partial charge < -0.3 is 9.26 Å². The number of ether oxygens (including phenoxy) is 1. The molecule has 0 spiro atoms. The molecule has 0 unspecified atom stereocenters. The highest BCUT2D eigenvalue weighted by Gasteiger charge is 2.29. The van der Waals surface area contributed by atoms with Crippen molar-refractivity contribution in [2.75, 3.05) is 25.0 Å². The zero-order chi connectivity index (χ0) is 17.1. The normalized spacial score (nSPS) is 19.9. The molecule has 3 rings (SSSR count). The topological polar surface area (TPSA) is 67.6 Å². The van der Waals surface area contributed by atoms with Crippen molar-refractivity contribution in [2.45, 2.75) is 26.0 Å². The molecule has 1 aromatic heterocycles. The fourth-order valence-corrected chi connectivity index (χ4v) is 2.71. The molecule has 1 aliphatic rings. The summed E-state index contributed by atoms with van der Waals surface area (Å²) in [6.45, 7) is 5.36. The van der Waals surface area contributed by atoms with Gasteiger partial charge in [0.15, 0.2) is 0 Å². The van der Waals surface area contributed by atoms with Crippen LogP contribution in [-0.4, -0.2) is 41.7 Å². The average molecular weight is 333 g/mol. The van der Waals surface area contributed by atoms with E-state index in [-0.39, 0.29) is 23.9 Å². The number of benzene rings is 1. The van der Waals surface area contributed by atoms with E-state index in [1.165, 1.54) is 12.1 Å². The van der Waals surface area contributed by atoms with Gasteiger partial charge >= 0.3 is 0 Å². The summed E-state index contributed by atoms with van der Waals surface area (Å²) in [6.07, 6.45) is -0.179. The van der Waals surface area contributed by atoms with Crippen LogP contribution in [0.4, 0.5) is 10.3 Å². The van der Waals surface area contributed by atoms with E-state index < -0.39 is 0 Å². The maximum absolute atomic E-state index is 13.1. The first-order valence-electron chi connectivity index (χ1n) is 7.88. The summed E-state index contributed by atoms with van der Waals surface area (Å²) < 4.78 is 23.8. The van der Waals surface area contributed by atoms with Crippen LogP contribution in [-0.2, 0) is 9.53 Å². The Labute approximate surface area is 139 Å². The Bertz CT molecular complexity index is 701. The Balaban J connectivity index is 1.62. The van der Waals surface area contributed by atoms with Gasteiger partial charge in [0.2, 0.25) is 11.8 Å². The Kier molecular flexibility index (Phi) is 4.92. The van der Waals surface area contributed by atoms with Crippen molar-refractivity contribution in [3.05, 3.63) is 47.4 Å². The number of carbonyl (C=O) groups is 1. The van der Waals surface area contributed by atoms with Gasteiger partial charge in [-0.2, -0.15) is 0 Å². The second-order valence-electron chi connectivity index (χ2n) is 5.90. The molecule has 24 heavy (non-hydrogen) atoms. The highest BCUT2D eigenvalue weighted by atomic mass is 19.1. The molecular formula is C17H20FN3O3. The molecule has 2 heterocycles. The second kappa shape index (κ2) is 7.11. The molecule has 2 atom stereocenters. The van der Waals surface area contributed by atoms with Crippen LogP contribution >= 0.6 is 0 Å². The number of aromatic nitrogens is 1. The Hall–Kier alpha value is -2.25. The van der Waals surface area contributed by atoms with Crippen LogP contribution in [0.5, 0.6) is 0 Å². The van der Waals surface area contributed by atoms with Crippen molar-refractivity contribution in [3.63, 3.8) is 0 Å². The monoisotopic (exact) mass is 333 g/mol. The van der Waals surface area contributed by atoms with Gasteiger partial charge in [-0.1, -0.05) is 17.3 Å². The first-order valence-corrected chi connectivity index (χ1v) is 7.88. The van der Waals surface area contributed by atoms with Crippen LogP contribution in [0.15, 0.2) is 34.9 Å². The largest absolute Gasteiger partial charge is 0.371 e. The average Bonchev–Trinajstić information content (AvgIpc) is 3.00. The molecule has 128 valence electrons. The number of nitrogens with zero attached hydrogens (tertiary/aromatic N) is 2. The summed E-state index contributed by atoms with van der Waals surface area (Å²) in [5, 5.41) is 6.47. The molecule has 1 saturated heterocycles. The second-order valence-corrected chi connectivity index (χ2v) is 5.90. The minimum atomic E-state index is -0.345.